The summed E-state index contributed by atoms with van der Waals surface area (Å²) in [4.78, 5) is 0. The number of rotatable bonds is 13. The molecular weight excluding hydrogens is 232 g/mol. The van der Waals surface area contributed by atoms with Gasteiger partial charge in [-0.3, -0.25) is 0 Å². The summed E-state index contributed by atoms with van der Waals surface area (Å²) in [6, 6.07) is 0. The minimum absolute atomic E-state index is 0. The molecule has 0 saturated heterocycles. The van der Waals surface area contributed by atoms with E-state index in [9.17, 15) is 5.11 Å². The van der Waals surface area contributed by atoms with Gasteiger partial charge < -0.3 is 7.96 Å². The zero-order chi connectivity index (χ0) is 12.8. The van der Waals surface area contributed by atoms with Crippen molar-refractivity contribution in [3.63, 3.8) is 0 Å². The minimum atomic E-state index is -0.0252. The smallest absolute Gasteiger partial charge is 1.00 e. The second-order valence-corrected chi connectivity index (χ2v) is 5.41. The van der Waals surface area contributed by atoms with Crippen LogP contribution in [0.25, 0.3) is 0 Å². The van der Waals surface area contributed by atoms with E-state index in [4.69, 9.17) is 0 Å². The minimum Gasteiger partial charge on any atom is -1.00 e. The average molecular weight is 269 g/mol. The number of aliphatic hydroxyl groups excluding tert-OH is 1. The van der Waals surface area contributed by atoms with Gasteiger partial charge in [-0.25, -0.2) is 0 Å². The molecule has 0 bridgehead atoms. The van der Waals surface area contributed by atoms with E-state index in [0.29, 0.717) is 0 Å². The normalized spacial score (nSPS) is 12.2. The topological polar surface area (TPSA) is 20.2 Å². The fourth-order valence-corrected chi connectivity index (χ4v) is 2.29. The van der Waals surface area contributed by atoms with Crippen molar-refractivity contribution in [2.75, 3.05) is 0 Å². The summed E-state index contributed by atoms with van der Waals surface area (Å²) in [5.41, 5.74) is 0. The van der Waals surface area contributed by atoms with Gasteiger partial charge in [-0.15, -0.1) is 0 Å². The first kappa shape index (κ1) is 21.0. The molecule has 0 spiro atoms. The maximum atomic E-state index is 9.81. The second-order valence-electron chi connectivity index (χ2n) is 5.41. The number of hydrogen-bond donors (Lipinski definition) is 1. The Hall–Kier alpha value is 0.726. The van der Waals surface area contributed by atoms with Gasteiger partial charge in [-0.1, -0.05) is 84.5 Å². The van der Waals surface area contributed by atoms with E-state index in [-0.39, 0.29) is 32.0 Å². The Labute approximate surface area is 134 Å². The number of hydrogen-bond acceptors (Lipinski definition) is 1. The molecule has 1 N–H and O–H groups in total. The van der Waals surface area contributed by atoms with Gasteiger partial charge in [0, 0.05) is 0 Å². The summed E-state index contributed by atoms with van der Waals surface area (Å²) in [6.07, 6.45) is 16.5. The zero-order valence-electron chi connectivity index (χ0n) is 14.9. The van der Waals surface area contributed by atoms with E-state index in [1.165, 1.54) is 70.6 Å². The molecule has 1 nitrogen and oxygen atoms in total. The Balaban J connectivity index is -0.000000427. The first-order valence-corrected chi connectivity index (χ1v) is 7.99. The van der Waals surface area contributed by atoms with Crippen LogP contribution in [0.15, 0.2) is 0 Å². The third-order valence-corrected chi connectivity index (χ3v) is 3.53. The molecule has 0 aromatic heterocycles. The molecule has 0 saturated carbocycles. The van der Waals surface area contributed by atoms with Crippen LogP contribution in [-0.2, 0) is 0 Å². The Kier molecular flexibility index (Phi) is 20.7. The quantitative estimate of drug-likeness (QED) is 0.355. The molecule has 0 radical (unpaired) electrons. The molecule has 0 amide bonds. The third kappa shape index (κ3) is 16.7. The van der Waals surface area contributed by atoms with Crippen molar-refractivity contribution in [1.82, 2.24) is 0 Å². The van der Waals surface area contributed by atoms with Crippen LogP contribution < -0.4 is 0 Å². The Morgan fingerprint density at radius 2 is 1.00 bits per heavy atom. The molecule has 0 aromatic rings. The summed E-state index contributed by atoms with van der Waals surface area (Å²) in [5, 5.41) is 9.81. The second kappa shape index (κ2) is 17.7. The van der Waals surface area contributed by atoms with Gasteiger partial charge in [0.1, 0.15) is 0 Å². The van der Waals surface area contributed by atoms with Crippen molar-refractivity contribution in [1.29, 1.82) is 0 Å². The molecule has 2 heteroatoms. The Morgan fingerprint density at radius 3 is 1.39 bits per heavy atom. The molecule has 0 aromatic carbocycles. The average Bonchev–Trinajstić information content (AvgIpc) is 2.33. The summed E-state index contributed by atoms with van der Waals surface area (Å²) in [6.45, 7) is 4.50. The van der Waals surface area contributed by atoms with Gasteiger partial charge in [0.25, 0.3) is 0 Å². The Bertz CT molecular complexity index is 148. The predicted octanol–water partition coefficient (Wildman–Crippen LogP) is 5.30. The largest absolute Gasteiger partial charge is 2.00 e. The number of unbranched alkanes of at least 4 members (excludes halogenated alkanes) is 9. The SMILES string of the molecule is CCCCCCCCC(O)CCCCCCC.[H-].[H-].[Mg+2]. The van der Waals surface area contributed by atoms with Crippen LogP contribution in [0.2, 0.25) is 0 Å². The first-order chi connectivity index (χ1) is 8.31. The predicted molar refractivity (Wildman–Crippen MR) is 85.4 cm³/mol. The van der Waals surface area contributed by atoms with Crippen molar-refractivity contribution in [3.05, 3.63) is 0 Å². The van der Waals surface area contributed by atoms with Crippen LogP contribution in [-0.4, -0.2) is 34.3 Å². The summed E-state index contributed by atoms with van der Waals surface area (Å²) < 4.78 is 0. The summed E-state index contributed by atoms with van der Waals surface area (Å²) in [7, 11) is 0. The molecule has 0 aliphatic heterocycles. The van der Waals surface area contributed by atoms with Crippen LogP contribution >= 0.6 is 0 Å². The van der Waals surface area contributed by atoms with E-state index in [1.807, 2.05) is 0 Å². The molecule has 18 heavy (non-hydrogen) atoms. The standard InChI is InChI=1S/C16H34O.Mg.2H/c1-3-5-7-9-11-13-15-16(17)14-12-10-8-6-4-2;;;/h16-17H,3-15H2,1-2H3;;;/q;+2;2*-1. The molecule has 0 heterocycles. The van der Waals surface area contributed by atoms with Crippen molar-refractivity contribution in [3.8, 4) is 0 Å². The van der Waals surface area contributed by atoms with Gasteiger partial charge in [-0.05, 0) is 12.8 Å². The molecule has 0 aliphatic rings. The first-order valence-electron chi connectivity index (χ1n) is 7.99. The maximum Gasteiger partial charge on any atom is 2.00 e. The molecule has 1 atom stereocenters. The van der Waals surface area contributed by atoms with Gasteiger partial charge in [0.15, 0.2) is 0 Å². The summed E-state index contributed by atoms with van der Waals surface area (Å²) >= 11 is 0. The molecular formula is C16H36MgO. The van der Waals surface area contributed by atoms with Gasteiger partial charge in [0.2, 0.25) is 0 Å². The van der Waals surface area contributed by atoms with Crippen LogP contribution in [0.3, 0.4) is 0 Å². The fraction of sp³-hybridized carbons (Fsp3) is 1.00. The molecule has 108 valence electrons. The van der Waals surface area contributed by atoms with E-state index < -0.39 is 0 Å². The molecule has 1 unspecified atom stereocenters. The fourth-order valence-electron chi connectivity index (χ4n) is 2.29. The van der Waals surface area contributed by atoms with Crippen molar-refractivity contribution in [2.24, 2.45) is 0 Å². The van der Waals surface area contributed by atoms with Crippen molar-refractivity contribution < 1.29 is 7.96 Å². The summed E-state index contributed by atoms with van der Waals surface area (Å²) in [5.74, 6) is 0. The van der Waals surface area contributed by atoms with Gasteiger partial charge in [-0.2, -0.15) is 0 Å². The van der Waals surface area contributed by atoms with E-state index in [0.717, 1.165) is 12.8 Å². The van der Waals surface area contributed by atoms with Crippen molar-refractivity contribution in [2.45, 2.75) is 103 Å². The molecule has 0 rings (SSSR count). The third-order valence-electron chi connectivity index (χ3n) is 3.53. The van der Waals surface area contributed by atoms with Gasteiger partial charge >= 0.3 is 23.1 Å². The van der Waals surface area contributed by atoms with Crippen LogP contribution in [0.4, 0.5) is 0 Å². The van der Waals surface area contributed by atoms with Crippen LogP contribution in [0.1, 0.15) is 100 Å². The van der Waals surface area contributed by atoms with Crippen LogP contribution in [0, 0.1) is 0 Å². The van der Waals surface area contributed by atoms with Crippen LogP contribution in [0.5, 0.6) is 0 Å². The van der Waals surface area contributed by atoms with E-state index in [2.05, 4.69) is 13.8 Å². The van der Waals surface area contributed by atoms with Crippen molar-refractivity contribution >= 4 is 23.1 Å². The zero-order valence-corrected chi connectivity index (χ0v) is 14.3. The Morgan fingerprint density at radius 1 is 0.667 bits per heavy atom. The monoisotopic (exact) mass is 268 g/mol. The van der Waals surface area contributed by atoms with Gasteiger partial charge in [0.05, 0.1) is 6.10 Å². The van der Waals surface area contributed by atoms with E-state index in [1.54, 1.807) is 0 Å². The van der Waals surface area contributed by atoms with E-state index >= 15 is 0 Å². The molecule has 0 fully saturated rings. The molecule has 0 aliphatic carbocycles. The number of aliphatic hydroxyl groups is 1. The maximum absolute atomic E-state index is 9.81.